The van der Waals surface area contributed by atoms with Crippen LogP contribution in [-0.4, -0.2) is 16.8 Å². The van der Waals surface area contributed by atoms with Crippen LogP contribution in [0, 0.1) is 5.82 Å². The highest BCUT2D eigenvalue weighted by Gasteiger charge is 2.21. The zero-order chi connectivity index (χ0) is 18.8. The molecule has 0 radical (unpaired) electrons. The van der Waals surface area contributed by atoms with Gasteiger partial charge in [0.15, 0.2) is 0 Å². The van der Waals surface area contributed by atoms with Crippen LogP contribution in [0.1, 0.15) is 0 Å². The van der Waals surface area contributed by atoms with Gasteiger partial charge in [-0.25, -0.2) is 21.2 Å². The van der Waals surface area contributed by atoms with Crippen LogP contribution in [-0.2, 0) is 19.9 Å². The Morgan fingerprint density at radius 3 is 1.88 bits per heavy atom. The molecule has 8 heteroatoms. The van der Waals surface area contributed by atoms with Crippen LogP contribution in [0.4, 0.5) is 10.1 Å². The summed E-state index contributed by atoms with van der Waals surface area (Å²) in [5, 5.41) is 0. The highest BCUT2D eigenvalue weighted by Crippen LogP contribution is 2.24. The van der Waals surface area contributed by atoms with Gasteiger partial charge < -0.3 is 0 Å². The Morgan fingerprint density at radius 1 is 0.654 bits per heavy atom. The van der Waals surface area contributed by atoms with Crippen molar-refractivity contribution in [1.82, 2.24) is 0 Å². The minimum atomic E-state index is -4.03. The third-order valence-corrected chi connectivity index (χ3v) is 6.72. The molecule has 134 valence electrons. The van der Waals surface area contributed by atoms with Crippen molar-refractivity contribution < 1.29 is 21.2 Å². The molecule has 5 nitrogen and oxygen atoms in total. The fourth-order valence-corrected chi connectivity index (χ4v) is 4.78. The number of benzene rings is 3. The average Bonchev–Trinajstić information content (AvgIpc) is 2.64. The number of sulfone groups is 1. The van der Waals surface area contributed by atoms with Crippen LogP contribution in [0.15, 0.2) is 93.5 Å². The molecule has 3 aromatic rings. The van der Waals surface area contributed by atoms with Crippen LogP contribution in [0.25, 0.3) is 0 Å². The van der Waals surface area contributed by atoms with Crippen LogP contribution in [0.3, 0.4) is 0 Å². The van der Waals surface area contributed by atoms with E-state index in [1.165, 1.54) is 42.5 Å². The predicted molar refractivity (Wildman–Crippen MR) is 95.5 cm³/mol. The van der Waals surface area contributed by atoms with Gasteiger partial charge in [-0.05, 0) is 54.6 Å². The standard InChI is InChI=1S/C18H14FNO4S2/c19-14-9-11-15(12-10-14)20-26(23,24)18-8-4-7-17(13-18)25(21,22)16-5-2-1-3-6-16/h1-13,20H. The van der Waals surface area contributed by atoms with E-state index in [0.29, 0.717) is 0 Å². The van der Waals surface area contributed by atoms with Gasteiger partial charge in [-0.3, -0.25) is 4.72 Å². The topological polar surface area (TPSA) is 80.3 Å². The molecular weight excluding hydrogens is 377 g/mol. The summed E-state index contributed by atoms with van der Waals surface area (Å²) in [6.45, 7) is 0. The zero-order valence-corrected chi connectivity index (χ0v) is 15.0. The summed E-state index contributed by atoms with van der Waals surface area (Å²) in [6, 6.07) is 17.6. The fourth-order valence-electron chi connectivity index (χ4n) is 2.28. The van der Waals surface area contributed by atoms with E-state index in [4.69, 9.17) is 0 Å². The first-order chi connectivity index (χ1) is 12.3. The van der Waals surface area contributed by atoms with Crippen LogP contribution >= 0.6 is 0 Å². The van der Waals surface area contributed by atoms with Gasteiger partial charge in [-0.15, -0.1) is 0 Å². The maximum Gasteiger partial charge on any atom is 0.261 e. The Balaban J connectivity index is 1.97. The highest BCUT2D eigenvalue weighted by molar-refractivity contribution is 7.93. The molecule has 0 atom stereocenters. The SMILES string of the molecule is O=S(=O)(Nc1ccc(F)cc1)c1cccc(S(=O)(=O)c2ccccc2)c1. The third kappa shape index (κ3) is 3.76. The van der Waals surface area contributed by atoms with Crippen LogP contribution in [0.2, 0.25) is 0 Å². The second-order valence-electron chi connectivity index (χ2n) is 5.40. The van der Waals surface area contributed by atoms with Crippen molar-refractivity contribution in [3.05, 3.63) is 84.7 Å². The minimum Gasteiger partial charge on any atom is -0.280 e. The lowest BCUT2D eigenvalue weighted by Gasteiger charge is -2.10. The maximum absolute atomic E-state index is 12.9. The molecule has 3 aromatic carbocycles. The number of nitrogens with one attached hydrogen (secondary N) is 1. The van der Waals surface area contributed by atoms with Gasteiger partial charge in [0.2, 0.25) is 9.84 Å². The zero-order valence-electron chi connectivity index (χ0n) is 13.3. The monoisotopic (exact) mass is 391 g/mol. The summed E-state index contributed by atoms with van der Waals surface area (Å²) < 4.78 is 65.5. The van der Waals surface area contributed by atoms with Gasteiger partial charge in [0.05, 0.1) is 14.7 Å². The lowest BCUT2D eigenvalue weighted by molar-refractivity contribution is 0.595. The molecule has 0 aliphatic heterocycles. The maximum atomic E-state index is 12.9. The van der Waals surface area contributed by atoms with E-state index >= 15 is 0 Å². The Bertz CT molecular complexity index is 1130. The molecule has 0 saturated carbocycles. The quantitative estimate of drug-likeness (QED) is 0.722. The number of hydrogen-bond acceptors (Lipinski definition) is 4. The summed E-state index contributed by atoms with van der Waals surface area (Å²) in [5.74, 6) is -0.496. The fraction of sp³-hybridized carbons (Fsp3) is 0. The van der Waals surface area contributed by atoms with Gasteiger partial charge in [0.1, 0.15) is 5.82 Å². The van der Waals surface area contributed by atoms with Crippen molar-refractivity contribution in [2.45, 2.75) is 14.7 Å². The molecule has 0 spiro atoms. The van der Waals surface area contributed by atoms with E-state index < -0.39 is 25.7 Å². The summed E-state index contributed by atoms with van der Waals surface area (Å²) in [5.41, 5.74) is 0.169. The Morgan fingerprint density at radius 2 is 1.23 bits per heavy atom. The van der Waals surface area contributed by atoms with Crippen molar-refractivity contribution in [3.8, 4) is 0 Å². The summed E-state index contributed by atoms with van der Waals surface area (Å²) in [7, 11) is -7.87. The summed E-state index contributed by atoms with van der Waals surface area (Å²) in [4.78, 5) is -0.273. The van der Waals surface area contributed by atoms with Gasteiger partial charge >= 0.3 is 0 Å². The minimum absolute atomic E-state index is 0.0704. The first kappa shape index (κ1) is 18.1. The third-order valence-electron chi connectivity index (χ3n) is 3.58. The van der Waals surface area contributed by atoms with Crippen molar-refractivity contribution in [2.24, 2.45) is 0 Å². The largest absolute Gasteiger partial charge is 0.280 e. The van der Waals surface area contributed by atoms with E-state index in [9.17, 15) is 21.2 Å². The van der Waals surface area contributed by atoms with Crippen LogP contribution < -0.4 is 4.72 Å². The number of sulfonamides is 1. The molecule has 26 heavy (non-hydrogen) atoms. The first-order valence-corrected chi connectivity index (χ1v) is 10.4. The predicted octanol–water partition coefficient (Wildman–Crippen LogP) is 3.46. The number of anilines is 1. The molecule has 0 amide bonds. The van der Waals surface area contributed by atoms with E-state index in [1.807, 2.05) is 0 Å². The molecule has 0 aliphatic rings. The number of hydrogen-bond donors (Lipinski definition) is 1. The second kappa shape index (κ2) is 6.89. The Kier molecular flexibility index (Phi) is 4.80. The van der Waals surface area contributed by atoms with Gasteiger partial charge in [-0.2, -0.15) is 0 Å². The van der Waals surface area contributed by atoms with E-state index in [1.54, 1.807) is 18.2 Å². The molecule has 0 fully saturated rings. The molecule has 1 N–H and O–H groups in total. The number of halogens is 1. The van der Waals surface area contributed by atoms with Gasteiger partial charge in [0.25, 0.3) is 10.0 Å². The van der Waals surface area contributed by atoms with Crippen LogP contribution in [0.5, 0.6) is 0 Å². The molecule has 0 saturated heterocycles. The smallest absolute Gasteiger partial charge is 0.261 e. The van der Waals surface area contributed by atoms with E-state index in [0.717, 1.165) is 18.2 Å². The van der Waals surface area contributed by atoms with Crippen molar-refractivity contribution in [1.29, 1.82) is 0 Å². The van der Waals surface area contributed by atoms with Crippen molar-refractivity contribution in [3.63, 3.8) is 0 Å². The molecule has 0 heterocycles. The highest BCUT2D eigenvalue weighted by atomic mass is 32.2. The lowest BCUT2D eigenvalue weighted by Crippen LogP contribution is -2.13. The lowest BCUT2D eigenvalue weighted by atomic mass is 10.3. The Hall–Kier alpha value is -2.71. The van der Waals surface area contributed by atoms with Gasteiger partial charge in [-0.1, -0.05) is 24.3 Å². The molecule has 0 aromatic heterocycles. The second-order valence-corrected chi connectivity index (χ2v) is 9.04. The molecule has 0 aliphatic carbocycles. The molecular formula is C18H14FNO4S2. The Labute approximate surface area is 151 Å². The van der Waals surface area contributed by atoms with Gasteiger partial charge in [0, 0.05) is 5.69 Å². The summed E-state index contributed by atoms with van der Waals surface area (Å²) >= 11 is 0. The normalized spacial score (nSPS) is 11.9. The van der Waals surface area contributed by atoms with E-state index in [2.05, 4.69) is 4.72 Å². The van der Waals surface area contributed by atoms with Crippen molar-refractivity contribution >= 4 is 25.5 Å². The number of rotatable bonds is 5. The van der Waals surface area contributed by atoms with Crippen molar-refractivity contribution in [2.75, 3.05) is 4.72 Å². The molecule has 0 unspecified atom stereocenters. The summed E-state index contributed by atoms with van der Waals surface area (Å²) in [6.07, 6.45) is 0. The average molecular weight is 391 g/mol. The molecule has 0 bridgehead atoms. The van der Waals surface area contributed by atoms with E-state index in [-0.39, 0.29) is 20.4 Å². The molecule has 3 rings (SSSR count). The first-order valence-electron chi connectivity index (χ1n) is 7.48.